The molecular weight excluding hydrogens is 237 g/mol. The number of aromatic amines is 2. The number of benzene rings is 1. The molecule has 2 aromatic heterocycles. The van der Waals surface area contributed by atoms with Crippen LogP contribution in [0.25, 0.3) is 22.3 Å². The number of nitrogens with one attached hydrogen (secondary N) is 2. The highest BCUT2D eigenvalue weighted by molar-refractivity contribution is 5.93. The Labute approximate surface area is 100 Å². The van der Waals surface area contributed by atoms with Crippen LogP contribution in [0.5, 0.6) is 0 Å². The van der Waals surface area contributed by atoms with Gasteiger partial charge in [-0.1, -0.05) is 0 Å². The van der Waals surface area contributed by atoms with Gasteiger partial charge >= 0.3 is 5.97 Å². The fourth-order valence-electron chi connectivity index (χ4n) is 1.86. The van der Waals surface area contributed by atoms with Crippen LogP contribution >= 0.6 is 0 Å². The number of nitrogens with zero attached hydrogens (tertiary/aromatic N) is 1. The summed E-state index contributed by atoms with van der Waals surface area (Å²) in [6, 6.07) is 7.37. The molecule has 0 fully saturated rings. The van der Waals surface area contributed by atoms with E-state index in [2.05, 4.69) is 15.2 Å². The van der Waals surface area contributed by atoms with Crippen LogP contribution in [0.2, 0.25) is 0 Å². The van der Waals surface area contributed by atoms with Crippen LogP contribution < -0.4 is 0 Å². The zero-order valence-electron chi connectivity index (χ0n) is 9.07. The van der Waals surface area contributed by atoms with Crippen molar-refractivity contribution < 1.29 is 14.3 Å². The Morgan fingerprint density at radius 3 is 2.83 bits per heavy atom. The second kappa shape index (κ2) is 3.69. The molecule has 0 amide bonds. The second-order valence-electron chi connectivity index (χ2n) is 3.85. The molecule has 0 spiro atoms. The van der Waals surface area contributed by atoms with Crippen molar-refractivity contribution in [2.24, 2.45) is 0 Å². The van der Waals surface area contributed by atoms with E-state index in [-0.39, 0.29) is 11.5 Å². The average molecular weight is 245 g/mol. The number of carboxylic acids is 1. The Bertz CT molecular complexity index is 745. The average Bonchev–Trinajstić information content (AvgIpc) is 2.92. The van der Waals surface area contributed by atoms with Gasteiger partial charge in [-0.25, -0.2) is 9.18 Å². The molecule has 0 saturated heterocycles. The third-order valence-corrected chi connectivity index (χ3v) is 2.70. The lowest BCUT2D eigenvalue weighted by molar-refractivity contribution is 0.0691. The Morgan fingerprint density at radius 2 is 2.11 bits per heavy atom. The SMILES string of the molecule is O=C(O)c1ccc(-c2n[nH]c3cc(F)ccc23)[nH]1. The maximum absolute atomic E-state index is 13.0. The minimum absolute atomic E-state index is 0.0864. The summed E-state index contributed by atoms with van der Waals surface area (Å²) in [5, 5.41) is 16.3. The molecule has 3 aromatic rings. The number of hydrogen-bond acceptors (Lipinski definition) is 2. The Kier molecular flexibility index (Phi) is 2.16. The number of H-pyrrole nitrogens is 2. The number of fused-ring (bicyclic) bond motifs is 1. The van der Waals surface area contributed by atoms with Crippen molar-refractivity contribution in [2.75, 3.05) is 0 Å². The van der Waals surface area contributed by atoms with Gasteiger partial charge in [0, 0.05) is 5.39 Å². The van der Waals surface area contributed by atoms with Crippen molar-refractivity contribution in [2.45, 2.75) is 0 Å². The lowest BCUT2D eigenvalue weighted by Gasteiger charge is -1.94. The van der Waals surface area contributed by atoms with Crippen molar-refractivity contribution in [3.05, 3.63) is 41.8 Å². The highest BCUT2D eigenvalue weighted by Crippen LogP contribution is 2.25. The predicted molar refractivity (Wildman–Crippen MR) is 62.8 cm³/mol. The van der Waals surface area contributed by atoms with E-state index < -0.39 is 5.97 Å². The normalized spacial score (nSPS) is 10.9. The van der Waals surface area contributed by atoms with E-state index in [0.717, 1.165) is 5.39 Å². The fraction of sp³-hybridized carbons (Fsp3) is 0. The van der Waals surface area contributed by atoms with Crippen LogP contribution in [0.4, 0.5) is 4.39 Å². The van der Waals surface area contributed by atoms with Crippen molar-refractivity contribution in [3.63, 3.8) is 0 Å². The first kappa shape index (κ1) is 10.5. The first-order valence-electron chi connectivity index (χ1n) is 5.21. The molecule has 2 heterocycles. The summed E-state index contributed by atoms with van der Waals surface area (Å²) in [6.45, 7) is 0. The summed E-state index contributed by atoms with van der Waals surface area (Å²) >= 11 is 0. The molecule has 0 aliphatic heterocycles. The minimum atomic E-state index is -1.04. The predicted octanol–water partition coefficient (Wildman–Crippen LogP) is 2.40. The largest absolute Gasteiger partial charge is 0.477 e. The van der Waals surface area contributed by atoms with E-state index in [4.69, 9.17) is 5.11 Å². The Morgan fingerprint density at radius 1 is 1.28 bits per heavy atom. The van der Waals surface area contributed by atoms with Gasteiger partial charge in [0.1, 0.15) is 17.2 Å². The van der Waals surface area contributed by atoms with E-state index in [1.165, 1.54) is 18.2 Å². The Balaban J connectivity index is 2.16. The molecule has 0 unspecified atom stereocenters. The van der Waals surface area contributed by atoms with Crippen molar-refractivity contribution in [1.29, 1.82) is 0 Å². The van der Waals surface area contributed by atoms with Crippen molar-refractivity contribution >= 4 is 16.9 Å². The molecule has 0 saturated carbocycles. The van der Waals surface area contributed by atoms with Gasteiger partial charge in [0.25, 0.3) is 0 Å². The smallest absolute Gasteiger partial charge is 0.352 e. The van der Waals surface area contributed by atoms with Crippen LogP contribution in [-0.2, 0) is 0 Å². The first-order chi connectivity index (χ1) is 8.65. The van der Waals surface area contributed by atoms with Crippen LogP contribution in [0, 0.1) is 5.82 Å². The molecule has 90 valence electrons. The quantitative estimate of drug-likeness (QED) is 0.648. The molecule has 0 atom stereocenters. The zero-order chi connectivity index (χ0) is 12.7. The maximum atomic E-state index is 13.0. The number of aromatic carboxylic acids is 1. The molecular formula is C12H8FN3O2. The maximum Gasteiger partial charge on any atom is 0.352 e. The summed E-state index contributed by atoms with van der Waals surface area (Å²) in [7, 11) is 0. The molecule has 0 radical (unpaired) electrons. The summed E-state index contributed by atoms with van der Waals surface area (Å²) in [6.07, 6.45) is 0. The summed E-state index contributed by atoms with van der Waals surface area (Å²) in [4.78, 5) is 13.5. The van der Waals surface area contributed by atoms with E-state index >= 15 is 0 Å². The molecule has 0 bridgehead atoms. The molecule has 0 aliphatic carbocycles. The van der Waals surface area contributed by atoms with E-state index in [1.54, 1.807) is 12.1 Å². The molecule has 3 N–H and O–H groups in total. The molecule has 0 aliphatic rings. The molecule has 5 nitrogen and oxygen atoms in total. The van der Waals surface area contributed by atoms with Gasteiger partial charge in [0.05, 0.1) is 11.2 Å². The molecule has 1 aromatic carbocycles. The third-order valence-electron chi connectivity index (χ3n) is 2.70. The zero-order valence-corrected chi connectivity index (χ0v) is 9.07. The fourth-order valence-corrected chi connectivity index (χ4v) is 1.86. The number of carboxylic acid groups (broad SMARTS) is 1. The van der Waals surface area contributed by atoms with Gasteiger partial charge in [-0.05, 0) is 30.3 Å². The number of halogens is 1. The van der Waals surface area contributed by atoms with Gasteiger partial charge in [-0.2, -0.15) is 5.10 Å². The van der Waals surface area contributed by atoms with E-state index in [9.17, 15) is 9.18 Å². The van der Waals surface area contributed by atoms with Gasteiger partial charge in [0.2, 0.25) is 0 Å². The second-order valence-corrected chi connectivity index (χ2v) is 3.85. The molecule has 3 rings (SSSR count). The number of carbonyl (C=O) groups is 1. The highest BCUT2D eigenvalue weighted by atomic mass is 19.1. The van der Waals surface area contributed by atoms with Gasteiger partial charge < -0.3 is 10.1 Å². The number of hydrogen-bond donors (Lipinski definition) is 3. The van der Waals surface area contributed by atoms with Crippen LogP contribution in [-0.4, -0.2) is 26.3 Å². The van der Waals surface area contributed by atoms with Crippen molar-refractivity contribution in [1.82, 2.24) is 15.2 Å². The number of aromatic nitrogens is 3. The molecule has 18 heavy (non-hydrogen) atoms. The van der Waals surface area contributed by atoms with Crippen LogP contribution in [0.1, 0.15) is 10.5 Å². The van der Waals surface area contributed by atoms with Gasteiger partial charge in [0.15, 0.2) is 0 Å². The van der Waals surface area contributed by atoms with Crippen LogP contribution in [0.15, 0.2) is 30.3 Å². The lowest BCUT2D eigenvalue weighted by atomic mass is 10.2. The first-order valence-corrected chi connectivity index (χ1v) is 5.21. The highest BCUT2D eigenvalue weighted by Gasteiger charge is 2.12. The standard InChI is InChI=1S/C12H8FN3O2/c13-6-1-2-7-10(5-6)15-16-11(7)8-3-4-9(14-8)12(17)18/h1-5,14H,(H,15,16)(H,17,18). The lowest BCUT2D eigenvalue weighted by Crippen LogP contribution is -1.95. The van der Waals surface area contributed by atoms with E-state index in [0.29, 0.717) is 16.9 Å². The summed E-state index contributed by atoms with van der Waals surface area (Å²) in [5.74, 6) is -1.39. The topological polar surface area (TPSA) is 81.8 Å². The van der Waals surface area contributed by atoms with Crippen LogP contribution in [0.3, 0.4) is 0 Å². The molecule has 6 heteroatoms. The summed E-state index contributed by atoms with van der Waals surface area (Å²) in [5.41, 5.74) is 1.79. The van der Waals surface area contributed by atoms with E-state index in [1.807, 2.05) is 0 Å². The van der Waals surface area contributed by atoms with Crippen molar-refractivity contribution in [3.8, 4) is 11.4 Å². The van der Waals surface area contributed by atoms with Gasteiger partial charge in [-0.15, -0.1) is 0 Å². The Hall–Kier alpha value is -2.63. The summed E-state index contributed by atoms with van der Waals surface area (Å²) < 4.78 is 13.0. The minimum Gasteiger partial charge on any atom is -0.477 e. The third kappa shape index (κ3) is 1.55. The number of rotatable bonds is 2. The monoisotopic (exact) mass is 245 g/mol. The van der Waals surface area contributed by atoms with Gasteiger partial charge in [-0.3, -0.25) is 5.10 Å².